The number of hydrogen-bond donors (Lipinski definition) is 0. The van der Waals surface area contributed by atoms with Crippen LogP contribution >= 0.6 is 0 Å². The fourth-order valence-electron chi connectivity index (χ4n) is 2.77. The number of hydrogen-bond acceptors (Lipinski definition) is 4. The van der Waals surface area contributed by atoms with Gasteiger partial charge in [0.25, 0.3) is 5.69 Å². The molecule has 0 atom stereocenters. The van der Waals surface area contributed by atoms with Gasteiger partial charge in [0.2, 0.25) is 5.91 Å². The van der Waals surface area contributed by atoms with Crippen LogP contribution in [-0.2, 0) is 4.79 Å². The molecular weight excluding hydrogens is 318 g/mol. The molecule has 1 amide bonds. The molecule has 0 N–H and O–H groups in total. The largest absolute Gasteiger partial charge is 0.337 e. The minimum atomic E-state index is -0.410. The lowest BCUT2D eigenvalue weighted by Crippen LogP contribution is -2.48. The summed E-state index contributed by atoms with van der Waals surface area (Å²) in [4.78, 5) is 27.0. The number of carbonyl (C=O) groups excluding carboxylic acids is 1. The second kappa shape index (κ2) is 9.74. The summed E-state index contributed by atoms with van der Waals surface area (Å²) in [5.74, 6) is -0.0117. The summed E-state index contributed by atoms with van der Waals surface area (Å²) in [5, 5.41) is 11.0. The van der Waals surface area contributed by atoms with Crippen LogP contribution in [0.15, 0.2) is 42.5 Å². The highest BCUT2D eigenvalue weighted by Crippen LogP contribution is 2.18. The van der Waals surface area contributed by atoms with Gasteiger partial charge in [0.05, 0.1) is 10.5 Å². The van der Waals surface area contributed by atoms with Gasteiger partial charge >= 0.3 is 0 Å². The zero-order valence-corrected chi connectivity index (χ0v) is 14.6. The molecule has 25 heavy (non-hydrogen) atoms. The Morgan fingerprint density at radius 3 is 2.60 bits per heavy atom. The number of unbranched alkanes of at least 4 members (excludes halogenated alkanes) is 1. The third kappa shape index (κ3) is 5.83. The molecule has 134 valence electrons. The molecule has 1 aliphatic rings. The maximum Gasteiger partial charge on any atom is 0.276 e. The van der Waals surface area contributed by atoms with Crippen molar-refractivity contribution in [2.75, 3.05) is 32.7 Å². The topological polar surface area (TPSA) is 66.7 Å². The van der Waals surface area contributed by atoms with Crippen LogP contribution in [0, 0.1) is 10.1 Å². The number of nitrogens with zero attached hydrogens (tertiary/aromatic N) is 3. The van der Waals surface area contributed by atoms with Crippen molar-refractivity contribution in [1.29, 1.82) is 0 Å². The predicted octanol–water partition coefficient (Wildman–Crippen LogP) is 3.11. The van der Waals surface area contributed by atoms with Gasteiger partial charge in [-0.2, -0.15) is 0 Å². The zero-order valence-electron chi connectivity index (χ0n) is 14.6. The summed E-state index contributed by atoms with van der Waals surface area (Å²) < 4.78 is 0. The minimum absolute atomic E-state index is 0.0117. The lowest BCUT2D eigenvalue weighted by Gasteiger charge is -2.34. The molecule has 2 rings (SSSR count). The second-order valence-corrected chi connectivity index (χ2v) is 6.05. The standard InChI is InChI=1S/C19H25N3O3/c1-2-3-12-20-13-15-21(16-14-20)19(23)11-7-5-9-17-8-4-6-10-18(17)22(24)25/h4-11H,2-3,12-16H2,1H3. The van der Waals surface area contributed by atoms with E-state index in [1.54, 1.807) is 36.4 Å². The van der Waals surface area contributed by atoms with E-state index in [0.717, 1.165) is 32.7 Å². The Bertz CT molecular complexity index is 647. The van der Waals surface area contributed by atoms with Gasteiger partial charge in [-0.25, -0.2) is 0 Å². The number of nitro benzene ring substituents is 1. The van der Waals surface area contributed by atoms with E-state index in [1.165, 1.54) is 25.0 Å². The maximum absolute atomic E-state index is 12.2. The number of benzene rings is 1. The van der Waals surface area contributed by atoms with Crippen molar-refractivity contribution in [3.63, 3.8) is 0 Å². The van der Waals surface area contributed by atoms with Crippen LogP contribution in [0.5, 0.6) is 0 Å². The zero-order chi connectivity index (χ0) is 18.1. The van der Waals surface area contributed by atoms with Crippen molar-refractivity contribution >= 4 is 17.7 Å². The van der Waals surface area contributed by atoms with Crippen LogP contribution < -0.4 is 0 Å². The summed E-state index contributed by atoms with van der Waals surface area (Å²) in [6.45, 7) is 6.63. The van der Waals surface area contributed by atoms with Crippen molar-refractivity contribution in [2.24, 2.45) is 0 Å². The van der Waals surface area contributed by atoms with Crippen LogP contribution in [0.1, 0.15) is 25.3 Å². The summed E-state index contributed by atoms with van der Waals surface area (Å²) >= 11 is 0. The molecule has 1 aliphatic heterocycles. The third-order valence-corrected chi connectivity index (χ3v) is 4.27. The van der Waals surface area contributed by atoms with Gasteiger partial charge in [-0.3, -0.25) is 19.8 Å². The third-order valence-electron chi connectivity index (χ3n) is 4.27. The number of allylic oxidation sites excluding steroid dienone is 2. The van der Waals surface area contributed by atoms with Crippen LogP contribution in [0.3, 0.4) is 0 Å². The highest BCUT2D eigenvalue weighted by Gasteiger charge is 2.18. The first kappa shape index (κ1) is 18.9. The van der Waals surface area contributed by atoms with Gasteiger partial charge < -0.3 is 4.90 Å². The van der Waals surface area contributed by atoms with E-state index >= 15 is 0 Å². The van der Waals surface area contributed by atoms with E-state index in [9.17, 15) is 14.9 Å². The first-order chi connectivity index (χ1) is 12.1. The molecule has 1 aromatic carbocycles. The predicted molar refractivity (Wildman–Crippen MR) is 99.2 cm³/mol. The molecule has 1 heterocycles. The Morgan fingerprint density at radius 2 is 1.92 bits per heavy atom. The van der Waals surface area contributed by atoms with Crippen molar-refractivity contribution in [2.45, 2.75) is 19.8 Å². The Kier molecular flexibility index (Phi) is 7.35. The van der Waals surface area contributed by atoms with E-state index in [-0.39, 0.29) is 11.6 Å². The lowest BCUT2D eigenvalue weighted by atomic mass is 10.1. The monoisotopic (exact) mass is 343 g/mol. The average Bonchev–Trinajstić information content (AvgIpc) is 2.64. The number of amides is 1. The molecule has 1 fully saturated rings. The van der Waals surface area contributed by atoms with Crippen molar-refractivity contribution in [1.82, 2.24) is 9.80 Å². The van der Waals surface area contributed by atoms with Crippen LogP contribution in [0.2, 0.25) is 0 Å². The Balaban J connectivity index is 1.84. The summed E-state index contributed by atoms with van der Waals surface area (Å²) in [7, 11) is 0. The van der Waals surface area contributed by atoms with E-state index in [2.05, 4.69) is 11.8 Å². The van der Waals surface area contributed by atoms with Gasteiger partial charge in [0.15, 0.2) is 0 Å². The second-order valence-electron chi connectivity index (χ2n) is 6.05. The number of para-hydroxylation sites is 1. The molecule has 6 nitrogen and oxygen atoms in total. The molecule has 0 spiro atoms. The maximum atomic E-state index is 12.2. The Labute approximate surface area is 148 Å². The minimum Gasteiger partial charge on any atom is -0.337 e. The van der Waals surface area contributed by atoms with Crippen molar-refractivity contribution in [3.8, 4) is 0 Å². The van der Waals surface area contributed by atoms with Gasteiger partial charge in [-0.05, 0) is 25.1 Å². The van der Waals surface area contributed by atoms with Crippen molar-refractivity contribution in [3.05, 3.63) is 58.2 Å². The van der Waals surface area contributed by atoms with Crippen molar-refractivity contribution < 1.29 is 9.72 Å². The molecule has 0 aromatic heterocycles. The van der Waals surface area contributed by atoms with E-state index in [1.807, 2.05) is 4.90 Å². The fraction of sp³-hybridized carbons (Fsp3) is 0.421. The lowest BCUT2D eigenvalue weighted by molar-refractivity contribution is -0.385. The van der Waals surface area contributed by atoms with Gasteiger partial charge in [-0.1, -0.05) is 37.6 Å². The smallest absolute Gasteiger partial charge is 0.276 e. The summed E-state index contributed by atoms with van der Waals surface area (Å²) in [6.07, 6.45) is 8.86. The van der Waals surface area contributed by atoms with E-state index in [4.69, 9.17) is 0 Å². The van der Waals surface area contributed by atoms with Gasteiger partial charge in [0, 0.05) is 38.3 Å². The molecule has 0 saturated carbocycles. The highest BCUT2D eigenvalue weighted by atomic mass is 16.6. The number of piperazine rings is 1. The first-order valence-electron chi connectivity index (χ1n) is 8.71. The average molecular weight is 343 g/mol. The van der Waals surface area contributed by atoms with Crippen LogP contribution in [0.25, 0.3) is 6.08 Å². The van der Waals surface area contributed by atoms with E-state index < -0.39 is 4.92 Å². The molecule has 0 radical (unpaired) electrons. The number of rotatable bonds is 7. The number of nitro groups is 1. The summed E-state index contributed by atoms with van der Waals surface area (Å²) in [6, 6.07) is 6.53. The molecule has 0 unspecified atom stereocenters. The highest BCUT2D eigenvalue weighted by molar-refractivity contribution is 5.88. The van der Waals surface area contributed by atoms with E-state index in [0.29, 0.717) is 5.56 Å². The SMILES string of the molecule is CCCCN1CCN(C(=O)C=CC=Cc2ccccc2[N+](=O)[O-])CC1. The Morgan fingerprint density at radius 1 is 1.20 bits per heavy atom. The molecule has 1 aromatic rings. The fourth-order valence-corrected chi connectivity index (χ4v) is 2.77. The normalized spacial score (nSPS) is 16.0. The molecule has 1 saturated heterocycles. The molecule has 0 aliphatic carbocycles. The molecule has 0 bridgehead atoms. The molecular formula is C19H25N3O3. The van der Waals surface area contributed by atoms with Gasteiger partial charge in [0.1, 0.15) is 0 Å². The van der Waals surface area contributed by atoms with Crippen LogP contribution in [0.4, 0.5) is 5.69 Å². The number of carbonyl (C=O) groups is 1. The Hall–Kier alpha value is -2.47. The van der Waals surface area contributed by atoms with Crippen LogP contribution in [-0.4, -0.2) is 53.4 Å². The first-order valence-corrected chi connectivity index (χ1v) is 8.71. The quantitative estimate of drug-likeness (QED) is 0.330. The van der Waals surface area contributed by atoms with Gasteiger partial charge in [-0.15, -0.1) is 0 Å². The molecule has 6 heteroatoms. The summed E-state index contributed by atoms with van der Waals surface area (Å²) in [5.41, 5.74) is 0.579.